The van der Waals surface area contributed by atoms with Gasteiger partial charge in [0.25, 0.3) is 0 Å². The van der Waals surface area contributed by atoms with Crippen LogP contribution in [0.15, 0.2) is 84.2 Å². The molecule has 7 nitrogen and oxygen atoms in total. The van der Waals surface area contributed by atoms with Gasteiger partial charge in [-0.15, -0.1) is 0 Å². The summed E-state index contributed by atoms with van der Waals surface area (Å²) in [6.07, 6.45) is 3.64. The number of amidine groups is 1. The number of H-pyrrole nitrogens is 2. The van der Waals surface area contributed by atoms with Crippen LogP contribution in [-0.4, -0.2) is 26.8 Å². The van der Waals surface area contributed by atoms with Crippen molar-refractivity contribution >= 4 is 39.5 Å². The number of fused-ring (bicyclic) bond motifs is 2. The van der Waals surface area contributed by atoms with Gasteiger partial charge in [0.05, 0.1) is 23.9 Å². The van der Waals surface area contributed by atoms with Crippen LogP contribution in [-0.2, 0) is 6.54 Å². The third-order valence-electron chi connectivity index (χ3n) is 6.09. The first-order chi connectivity index (χ1) is 16.2. The van der Waals surface area contributed by atoms with Crippen LogP contribution in [0.3, 0.4) is 0 Å². The van der Waals surface area contributed by atoms with Gasteiger partial charge in [-0.2, -0.15) is 0 Å². The molecule has 1 saturated heterocycles. The molecule has 33 heavy (non-hydrogen) atoms. The van der Waals surface area contributed by atoms with Gasteiger partial charge in [0, 0.05) is 28.4 Å². The lowest BCUT2D eigenvalue weighted by Crippen LogP contribution is -2.29. The van der Waals surface area contributed by atoms with E-state index in [1.807, 2.05) is 54.7 Å². The number of rotatable bonds is 4. The number of carbonyl (C=O) groups is 1. The van der Waals surface area contributed by atoms with Crippen LogP contribution in [0.1, 0.15) is 22.7 Å². The summed E-state index contributed by atoms with van der Waals surface area (Å²) in [6, 6.07) is 21.6. The third kappa shape index (κ3) is 3.34. The second-order valence-corrected chi connectivity index (χ2v) is 8.29. The topological polar surface area (TPSA) is 89.2 Å². The molecule has 162 valence electrons. The van der Waals surface area contributed by atoms with Crippen LogP contribution >= 0.6 is 0 Å². The highest BCUT2D eigenvalue weighted by atomic mass is 16.2. The van der Waals surface area contributed by atoms with Crippen LogP contribution in [0.25, 0.3) is 21.9 Å². The monoisotopic (exact) mass is 434 g/mol. The Morgan fingerprint density at radius 3 is 2.76 bits per heavy atom. The van der Waals surface area contributed by atoms with E-state index in [2.05, 4.69) is 45.4 Å². The molecule has 1 atom stereocenters. The van der Waals surface area contributed by atoms with Crippen molar-refractivity contribution in [3.8, 4) is 0 Å². The summed E-state index contributed by atoms with van der Waals surface area (Å²) in [5.74, 6) is 0.634. The summed E-state index contributed by atoms with van der Waals surface area (Å²) in [5.41, 5.74) is 6.82. The zero-order valence-corrected chi connectivity index (χ0v) is 18.0. The molecule has 0 spiro atoms. The number of imidazole rings is 1. The maximum absolute atomic E-state index is 13.3. The van der Waals surface area contributed by atoms with Crippen molar-refractivity contribution in [2.45, 2.75) is 19.5 Å². The highest BCUT2D eigenvalue weighted by Crippen LogP contribution is 2.37. The number of nitrogens with one attached hydrogen (secondary N) is 3. The van der Waals surface area contributed by atoms with Gasteiger partial charge in [0.15, 0.2) is 0 Å². The van der Waals surface area contributed by atoms with Crippen LogP contribution in [0.2, 0.25) is 0 Å². The van der Waals surface area contributed by atoms with Gasteiger partial charge in [0.1, 0.15) is 11.9 Å². The molecule has 0 radical (unpaired) electrons. The lowest BCUT2D eigenvalue weighted by atomic mass is 10.0. The predicted molar refractivity (Wildman–Crippen MR) is 130 cm³/mol. The number of aliphatic imine (C=N–C) groups is 1. The Labute approximate surface area is 190 Å². The molecular weight excluding hydrogens is 412 g/mol. The first kappa shape index (κ1) is 19.3. The Kier molecular flexibility index (Phi) is 4.47. The van der Waals surface area contributed by atoms with Gasteiger partial charge in [0.2, 0.25) is 0 Å². The summed E-state index contributed by atoms with van der Waals surface area (Å²) >= 11 is 0. The minimum atomic E-state index is -0.377. The maximum Gasteiger partial charge on any atom is 0.328 e. The van der Waals surface area contributed by atoms with Gasteiger partial charge >= 0.3 is 6.03 Å². The number of anilines is 1. The summed E-state index contributed by atoms with van der Waals surface area (Å²) < 4.78 is 0. The van der Waals surface area contributed by atoms with Crippen molar-refractivity contribution in [2.24, 2.45) is 4.99 Å². The van der Waals surface area contributed by atoms with E-state index in [1.54, 1.807) is 11.2 Å². The smallest absolute Gasteiger partial charge is 0.328 e. The SMILES string of the molecule is Cc1ccc2c(C3C(=NCc4ccccc4)NC(=O)N3c3ccc4nc[nH]c4c3)c[nH]c2c1. The molecule has 0 saturated carbocycles. The van der Waals surface area contributed by atoms with E-state index in [1.165, 1.54) is 5.56 Å². The molecule has 0 aliphatic carbocycles. The number of aromatic amines is 2. The number of hydrogen-bond donors (Lipinski definition) is 3. The molecule has 2 aromatic heterocycles. The van der Waals surface area contributed by atoms with E-state index in [9.17, 15) is 4.79 Å². The number of aromatic nitrogens is 3. The Balaban J connectivity index is 1.49. The van der Waals surface area contributed by atoms with Crippen molar-refractivity contribution in [3.63, 3.8) is 0 Å². The molecule has 1 fully saturated rings. The molecule has 1 unspecified atom stereocenters. The number of urea groups is 1. The summed E-state index contributed by atoms with van der Waals surface area (Å²) in [4.78, 5) is 30.7. The van der Waals surface area contributed by atoms with Crippen LogP contribution < -0.4 is 10.2 Å². The highest BCUT2D eigenvalue weighted by Gasteiger charge is 2.40. The van der Waals surface area contributed by atoms with E-state index >= 15 is 0 Å². The lowest BCUT2D eigenvalue weighted by molar-refractivity contribution is 0.252. The Morgan fingerprint density at radius 2 is 1.88 bits per heavy atom. The van der Waals surface area contributed by atoms with Gasteiger partial charge in [-0.25, -0.2) is 9.78 Å². The van der Waals surface area contributed by atoms with Gasteiger partial charge in [-0.3, -0.25) is 15.2 Å². The summed E-state index contributed by atoms with van der Waals surface area (Å²) in [5, 5.41) is 4.10. The number of aryl methyl sites for hydroxylation is 1. The van der Waals surface area contributed by atoms with E-state index in [0.717, 1.165) is 38.8 Å². The van der Waals surface area contributed by atoms with Crippen molar-refractivity contribution in [1.82, 2.24) is 20.3 Å². The zero-order valence-electron chi connectivity index (χ0n) is 18.0. The number of benzene rings is 3. The number of nitrogens with zero attached hydrogens (tertiary/aromatic N) is 3. The van der Waals surface area contributed by atoms with Crippen LogP contribution in [0.4, 0.5) is 10.5 Å². The maximum atomic E-state index is 13.3. The number of carbonyl (C=O) groups excluding carboxylic acids is 1. The van der Waals surface area contributed by atoms with Crippen LogP contribution in [0.5, 0.6) is 0 Å². The molecule has 2 amide bonds. The van der Waals surface area contributed by atoms with E-state index < -0.39 is 0 Å². The van der Waals surface area contributed by atoms with Crippen LogP contribution in [0, 0.1) is 6.92 Å². The fraction of sp³-hybridized carbons (Fsp3) is 0.115. The molecule has 3 N–H and O–H groups in total. The molecule has 1 aliphatic heterocycles. The van der Waals surface area contributed by atoms with Crippen molar-refractivity contribution in [3.05, 3.63) is 95.9 Å². The van der Waals surface area contributed by atoms with Crippen molar-refractivity contribution in [2.75, 3.05) is 4.90 Å². The average molecular weight is 435 g/mol. The predicted octanol–water partition coefficient (Wildman–Crippen LogP) is 5.22. The first-order valence-electron chi connectivity index (χ1n) is 10.9. The molecule has 7 heteroatoms. The number of hydrogen-bond acceptors (Lipinski definition) is 3. The standard InChI is InChI=1S/C26H22N6O/c1-16-7-9-19-20(14-27-22(19)11-16)24-25(28-13-17-5-3-2-4-6-17)31-26(33)32(24)18-8-10-21-23(12-18)30-15-29-21/h2-12,14-15,24,27H,13H2,1H3,(H,29,30)(H,28,31,33). The Morgan fingerprint density at radius 1 is 1.00 bits per heavy atom. The second-order valence-electron chi connectivity index (χ2n) is 8.29. The quantitative estimate of drug-likeness (QED) is 0.362. The zero-order chi connectivity index (χ0) is 22.4. The minimum absolute atomic E-state index is 0.202. The summed E-state index contributed by atoms with van der Waals surface area (Å²) in [6.45, 7) is 2.56. The van der Waals surface area contributed by atoms with Crippen molar-refractivity contribution < 1.29 is 4.79 Å². The fourth-order valence-electron chi connectivity index (χ4n) is 4.48. The largest absolute Gasteiger partial charge is 0.361 e. The van der Waals surface area contributed by atoms with E-state index in [4.69, 9.17) is 4.99 Å². The second kappa shape index (κ2) is 7.63. The van der Waals surface area contributed by atoms with Gasteiger partial charge in [-0.05, 0) is 42.3 Å². The Bertz CT molecular complexity index is 1510. The molecule has 5 aromatic rings. The normalized spacial score (nSPS) is 17.4. The molecule has 6 rings (SSSR count). The molecule has 0 bridgehead atoms. The Hall–Kier alpha value is -4.39. The number of amides is 2. The third-order valence-corrected chi connectivity index (χ3v) is 6.09. The van der Waals surface area contributed by atoms with E-state index in [-0.39, 0.29) is 12.1 Å². The minimum Gasteiger partial charge on any atom is -0.361 e. The first-order valence-corrected chi connectivity index (χ1v) is 10.9. The molecule has 3 heterocycles. The highest BCUT2D eigenvalue weighted by molar-refractivity contribution is 6.18. The fourth-order valence-corrected chi connectivity index (χ4v) is 4.48. The molecular formula is C26H22N6O. The van der Waals surface area contributed by atoms with E-state index in [0.29, 0.717) is 12.4 Å². The molecule has 1 aliphatic rings. The molecule has 3 aromatic carbocycles. The van der Waals surface area contributed by atoms with Gasteiger partial charge in [-0.1, -0.05) is 42.5 Å². The average Bonchev–Trinajstić information content (AvgIpc) is 3.54. The van der Waals surface area contributed by atoms with Crippen molar-refractivity contribution in [1.29, 1.82) is 0 Å². The van der Waals surface area contributed by atoms with Gasteiger partial charge < -0.3 is 9.97 Å². The summed E-state index contributed by atoms with van der Waals surface area (Å²) in [7, 11) is 0. The lowest BCUT2D eigenvalue weighted by Gasteiger charge is -2.23.